The third kappa shape index (κ3) is 4.79. The van der Waals surface area contributed by atoms with E-state index in [1.165, 1.54) is 12.3 Å². The lowest BCUT2D eigenvalue weighted by Crippen LogP contribution is -2.45. The van der Waals surface area contributed by atoms with E-state index in [-0.39, 0.29) is 11.9 Å². The Hall–Kier alpha value is -3.71. The van der Waals surface area contributed by atoms with Crippen LogP contribution in [0.3, 0.4) is 0 Å². The molecule has 0 saturated heterocycles. The summed E-state index contributed by atoms with van der Waals surface area (Å²) in [6.07, 6.45) is 6.76. The van der Waals surface area contributed by atoms with Gasteiger partial charge in [0.2, 0.25) is 5.95 Å². The van der Waals surface area contributed by atoms with Crippen molar-refractivity contribution < 1.29 is 14.3 Å². The number of nitrogens with one attached hydrogen (secondary N) is 1. The van der Waals surface area contributed by atoms with E-state index >= 15 is 0 Å². The molecule has 4 aromatic rings. The number of para-hydroxylation sites is 1. The fraction of sp³-hybridized carbons (Fsp3) is 0.259. The molecule has 3 aromatic heterocycles. The first-order valence-corrected chi connectivity index (χ1v) is 11.5. The van der Waals surface area contributed by atoms with Crippen molar-refractivity contribution in [2.24, 2.45) is 0 Å². The number of hydrogen-bond acceptors (Lipinski definition) is 5. The van der Waals surface area contributed by atoms with Crippen molar-refractivity contribution in [3.8, 4) is 11.3 Å². The topological polar surface area (TPSA) is 88.0 Å². The molecule has 2 N–H and O–H groups in total. The average molecular weight is 457 g/mol. The lowest BCUT2D eigenvalue weighted by atomic mass is 9.92. The molecule has 1 aliphatic carbocycles. The Morgan fingerprint density at radius 1 is 1.03 bits per heavy atom. The van der Waals surface area contributed by atoms with Gasteiger partial charge in [-0.3, -0.25) is 9.78 Å². The maximum absolute atomic E-state index is 13.1. The fourth-order valence-electron chi connectivity index (χ4n) is 4.48. The van der Waals surface area contributed by atoms with Gasteiger partial charge in [-0.1, -0.05) is 37.1 Å². The largest absolute Gasteiger partial charge is 0.391 e. The van der Waals surface area contributed by atoms with Crippen molar-refractivity contribution in [2.45, 2.75) is 44.2 Å². The van der Waals surface area contributed by atoms with Gasteiger partial charge in [0, 0.05) is 23.3 Å². The summed E-state index contributed by atoms with van der Waals surface area (Å²) in [5.74, 6) is -0.794. The van der Waals surface area contributed by atoms with E-state index in [2.05, 4.69) is 20.3 Å². The van der Waals surface area contributed by atoms with Gasteiger partial charge < -0.3 is 10.4 Å². The van der Waals surface area contributed by atoms with Crippen LogP contribution in [0.4, 0.5) is 4.39 Å². The number of hydrogen-bond donors (Lipinski definition) is 2. The molecule has 0 aliphatic heterocycles. The van der Waals surface area contributed by atoms with Gasteiger partial charge in [0.05, 0.1) is 23.4 Å². The highest BCUT2D eigenvalue weighted by molar-refractivity contribution is 5.96. The lowest BCUT2D eigenvalue weighted by Gasteiger charge is -2.28. The highest BCUT2D eigenvalue weighted by Gasteiger charge is 2.25. The number of aliphatic hydroxyl groups excluding tert-OH is 1. The van der Waals surface area contributed by atoms with Crippen LogP contribution >= 0.6 is 0 Å². The Labute approximate surface area is 196 Å². The molecule has 1 aliphatic rings. The van der Waals surface area contributed by atoms with Crippen LogP contribution in [0, 0.1) is 5.95 Å². The minimum absolute atomic E-state index is 0.240. The summed E-state index contributed by atoms with van der Waals surface area (Å²) in [7, 11) is 0. The number of aliphatic hydroxyl groups is 1. The summed E-state index contributed by atoms with van der Waals surface area (Å²) in [5, 5.41) is 14.2. The van der Waals surface area contributed by atoms with Crippen molar-refractivity contribution >= 4 is 16.8 Å². The Balaban J connectivity index is 1.41. The number of amides is 1. The first-order valence-electron chi connectivity index (χ1n) is 11.5. The van der Waals surface area contributed by atoms with E-state index in [0.29, 0.717) is 24.2 Å². The molecule has 0 radical (unpaired) electrons. The molecule has 1 saturated carbocycles. The fourth-order valence-corrected chi connectivity index (χ4v) is 4.48. The molecule has 5 rings (SSSR count). The first-order chi connectivity index (χ1) is 16.6. The second kappa shape index (κ2) is 9.65. The van der Waals surface area contributed by atoms with E-state index < -0.39 is 12.1 Å². The second-order valence-corrected chi connectivity index (χ2v) is 8.71. The molecule has 1 amide bonds. The number of aromatic nitrogens is 3. The summed E-state index contributed by atoms with van der Waals surface area (Å²) in [6.45, 7) is 0. The Morgan fingerprint density at radius 2 is 1.88 bits per heavy atom. The molecule has 34 heavy (non-hydrogen) atoms. The summed E-state index contributed by atoms with van der Waals surface area (Å²) in [5.41, 5.74) is 4.49. The molecule has 1 fully saturated rings. The smallest absolute Gasteiger partial charge is 0.270 e. The van der Waals surface area contributed by atoms with Crippen LogP contribution in [0.2, 0.25) is 0 Å². The van der Waals surface area contributed by atoms with Gasteiger partial charge in [-0.25, -0.2) is 9.97 Å². The Bertz CT molecular complexity index is 1310. The number of nitrogens with zero attached hydrogens (tertiary/aromatic N) is 3. The van der Waals surface area contributed by atoms with Crippen LogP contribution in [0.5, 0.6) is 0 Å². The standard InChI is InChI=1S/C27H25FN4O2/c28-26-12-10-18(16-30-26)21-11-9-17(15-29-21)13-19-14-24(31-22-6-2-1-5-20(19)22)27(34)32-23-7-3-4-8-25(23)33/h1-2,5-6,9-12,14-16,23,25,33H,3-4,7-8,13H2,(H,32,34)/t23-,25-/m0/s1. The van der Waals surface area contributed by atoms with Crippen LogP contribution in [-0.2, 0) is 6.42 Å². The van der Waals surface area contributed by atoms with E-state index in [1.54, 1.807) is 12.3 Å². The van der Waals surface area contributed by atoms with Gasteiger partial charge in [0.1, 0.15) is 5.69 Å². The molecule has 1 aromatic carbocycles. The van der Waals surface area contributed by atoms with Crippen molar-refractivity contribution in [3.63, 3.8) is 0 Å². The number of carbonyl (C=O) groups is 1. The van der Waals surface area contributed by atoms with Crippen LogP contribution in [-0.4, -0.2) is 38.1 Å². The molecule has 0 unspecified atom stereocenters. The van der Waals surface area contributed by atoms with Gasteiger partial charge in [-0.15, -0.1) is 0 Å². The van der Waals surface area contributed by atoms with Crippen molar-refractivity contribution in [1.29, 1.82) is 0 Å². The third-order valence-corrected chi connectivity index (χ3v) is 6.32. The van der Waals surface area contributed by atoms with Crippen LogP contribution in [0.15, 0.2) is 67.0 Å². The summed E-state index contributed by atoms with van der Waals surface area (Å²) in [6, 6.07) is 16.1. The van der Waals surface area contributed by atoms with E-state index in [9.17, 15) is 14.3 Å². The molecule has 6 nitrogen and oxygen atoms in total. The minimum Gasteiger partial charge on any atom is -0.391 e. The van der Waals surface area contributed by atoms with Crippen molar-refractivity contribution in [3.05, 3.63) is 89.8 Å². The molecule has 0 spiro atoms. The maximum atomic E-state index is 13.1. The van der Waals surface area contributed by atoms with Gasteiger partial charge in [0.25, 0.3) is 5.91 Å². The zero-order chi connectivity index (χ0) is 23.5. The molecule has 172 valence electrons. The third-order valence-electron chi connectivity index (χ3n) is 6.32. The van der Waals surface area contributed by atoms with Crippen LogP contribution in [0.25, 0.3) is 22.2 Å². The molecular formula is C27H25FN4O2. The highest BCUT2D eigenvalue weighted by atomic mass is 19.1. The maximum Gasteiger partial charge on any atom is 0.270 e. The van der Waals surface area contributed by atoms with Gasteiger partial charge in [0.15, 0.2) is 0 Å². The quantitative estimate of drug-likeness (QED) is 0.433. The first kappa shape index (κ1) is 22.1. The van der Waals surface area contributed by atoms with Crippen molar-refractivity contribution in [1.82, 2.24) is 20.3 Å². The van der Waals surface area contributed by atoms with Gasteiger partial charge in [-0.2, -0.15) is 4.39 Å². The highest BCUT2D eigenvalue weighted by Crippen LogP contribution is 2.24. The minimum atomic E-state index is -0.525. The zero-order valence-electron chi connectivity index (χ0n) is 18.6. The summed E-state index contributed by atoms with van der Waals surface area (Å²) in [4.78, 5) is 25.8. The normalized spacial score (nSPS) is 18.1. The Kier molecular flexibility index (Phi) is 6.27. The Morgan fingerprint density at radius 3 is 2.65 bits per heavy atom. The second-order valence-electron chi connectivity index (χ2n) is 8.71. The predicted octanol–water partition coefficient (Wildman–Crippen LogP) is 4.46. The summed E-state index contributed by atoms with van der Waals surface area (Å²) >= 11 is 0. The van der Waals surface area contributed by atoms with Gasteiger partial charge >= 0.3 is 0 Å². The molecule has 7 heteroatoms. The van der Waals surface area contributed by atoms with E-state index in [4.69, 9.17) is 0 Å². The number of benzene rings is 1. The predicted molar refractivity (Wildman–Crippen MR) is 128 cm³/mol. The zero-order valence-corrected chi connectivity index (χ0v) is 18.6. The average Bonchev–Trinajstić information content (AvgIpc) is 2.86. The number of fused-ring (bicyclic) bond motifs is 1. The number of halogens is 1. The SMILES string of the molecule is O=C(N[C@H]1CCCC[C@@H]1O)c1cc(Cc2ccc(-c3ccc(F)nc3)nc2)c2ccccc2n1. The van der Waals surface area contributed by atoms with Crippen LogP contribution < -0.4 is 5.32 Å². The lowest BCUT2D eigenvalue weighted by molar-refractivity contribution is 0.0714. The summed E-state index contributed by atoms with van der Waals surface area (Å²) < 4.78 is 13.1. The van der Waals surface area contributed by atoms with Gasteiger partial charge in [-0.05, 0) is 60.7 Å². The molecule has 2 atom stereocenters. The van der Waals surface area contributed by atoms with E-state index in [0.717, 1.165) is 46.9 Å². The number of pyridine rings is 3. The molecular weight excluding hydrogens is 431 g/mol. The van der Waals surface area contributed by atoms with Crippen LogP contribution in [0.1, 0.15) is 47.3 Å². The monoisotopic (exact) mass is 456 g/mol. The molecule has 0 bridgehead atoms. The number of rotatable bonds is 5. The van der Waals surface area contributed by atoms with E-state index in [1.807, 2.05) is 42.5 Å². The number of carbonyl (C=O) groups excluding carboxylic acids is 1. The molecule has 3 heterocycles. The van der Waals surface area contributed by atoms with Crippen molar-refractivity contribution in [2.75, 3.05) is 0 Å².